The van der Waals surface area contributed by atoms with Gasteiger partial charge in [0.15, 0.2) is 0 Å². The summed E-state index contributed by atoms with van der Waals surface area (Å²) in [5.74, 6) is 0.174. The zero-order chi connectivity index (χ0) is 17.6. The molecule has 25 heavy (non-hydrogen) atoms. The van der Waals surface area contributed by atoms with Gasteiger partial charge in [-0.3, -0.25) is 19.9 Å². The van der Waals surface area contributed by atoms with Crippen LogP contribution in [0.25, 0.3) is 11.3 Å². The standard InChI is InChI=1S/C17H13N5O3/c23-16-10-15(13-6-2-1-3-7-13)19-17(20-16)21-18-11-12-5-4-8-14(9-12)22(24)25/h1-11H,(H2,19,20,21,23)/b18-11-. The maximum atomic E-state index is 11.8. The van der Waals surface area contributed by atoms with Gasteiger partial charge >= 0.3 is 0 Å². The van der Waals surface area contributed by atoms with Crippen molar-refractivity contribution in [3.8, 4) is 11.3 Å². The van der Waals surface area contributed by atoms with Gasteiger partial charge in [-0.25, -0.2) is 10.4 Å². The predicted molar refractivity (Wildman–Crippen MR) is 94.6 cm³/mol. The lowest BCUT2D eigenvalue weighted by Crippen LogP contribution is -2.10. The van der Waals surface area contributed by atoms with E-state index in [-0.39, 0.29) is 17.2 Å². The van der Waals surface area contributed by atoms with E-state index in [0.717, 1.165) is 5.56 Å². The number of non-ortho nitro benzene ring substituents is 1. The Morgan fingerprint density at radius 1 is 1.12 bits per heavy atom. The quantitative estimate of drug-likeness (QED) is 0.423. The molecule has 0 unspecified atom stereocenters. The van der Waals surface area contributed by atoms with Gasteiger partial charge in [-0.2, -0.15) is 5.10 Å². The number of rotatable bonds is 5. The van der Waals surface area contributed by atoms with Crippen molar-refractivity contribution in [3.63, 3.8) is 0 Å². The molecule has 0 bridgehead atoms. The van der Waals surface area contributed by atoms with Crippen LogP contribution in [0.3, 0.4) is 0 Å². The number of aromatic amines is 1. The molecule has 0 radical (unpaired) electrons. The molecule has 8 nitrogen and oxygen atoms in total. The summed E-state index contributed by atoms with van der Waals surface area (Å²) in [5, 5.41) is 14.7. The van der Waals surface area contributed by atoms with Crippen molar-refractivity contribution in [3.05, 3.63) is 86.7 Å². The van der Waals surface area contributed by atoms with Crippen molar-refractivity contribution in [1.29, 1.82) is 0 Å². The Morgan fingerprint density at radius 2 is 1.92 bits per heavy atom. The molecular formula is C17H13N5O3. The monoisotopic (exact) mass is 335 g/mol. The highest BCUT2D eigenvalue weighted by Gasteiger charge is 2.05. The van der Waals surface area contributed by atoms with Crippen molar-refractivity contribution in [1.82, 2.24) is 9.97 Å². The van der Waals surface area contributed by atoms with Crippen molar-refractivity contribution < 1.29 is 4.92 Å². The number of benzene rings is 2. The summed E-state index contributed by atoms with van der Waals surface area (Å²) < 4.78 is 0. The smallest absolute Gasteiger partial charge is 0.270 e. The van der Waals surface area contributed by atoms with Crippen LogP contribution in [0.1, 0.15) is 5.56 Å². The van der Waals surface area contributed by atoms with Gasteiger partial charge in [-0.05, 0) is 0 Å². The Kier molecular flexibility index (Phi) is 4.61. The minimum atomic E-state index is -0.479. The molecule has 3 rings (SSSR count). The molecule has 0 aliphatic carbocycles. The van der Waals surface area contributed by atoms with E-state index in [0.29, 0.717) is 11.3 Å². The van der Waals surface area contributed by atoms with E-state index >= 15 is 0 Å². The van der Waals surface area contributed by atoms with Crippen molar-refractivity contribution in [2.75, 3.05) is 5.43 Å². The number of nitrogens with one attached hydrogen (secondary N) is 2. The Labute approximate surface area is 142 Å². The second kappa shape index (κ2) is 7.18. The zero-order valence-electron chi connectivity index (χ0n) is 12.9. The first-order valence-corrected chi connectivity index (χ1v) is 7.32. The summed E-state index contributed by atoms with van der Waals surface area (Å²) in [6.07, 6.45) is 1.40. The van der Waals surface area contributed by atoms with E-state index < -0.39 is 4.92 Å². The molecule has 0 aliphatic heterocycles. The Balaban J connectivity index is 1.79. The van der Waals surface area contributed by atoms with Gasteiger partial charge < -0.3 is 0 Å². The first kappa shape index (κ1) is 16.1. The lowest BCUT2D eigenvalue weighted by atomic mass is 10.1. The lowest BCUT2D eigenvalue weighted by molar-refractivity contribution is -0.384. The van der Waals surface area contributed by atoms with E-state index in [2.05, 4.69) is 20.5 Å². The van der Waals surface area contributed by atoms with Gasteiger partial charge in [0.2, 0.25) is 5.95 Å². The highest BCUT2D eigenvalue weighted by atomic mass is 16.6. The minimum absolute atomic E-state index is 0.0263. The van der Waals surface area contributed by atoms with Gasteiger partial charge in [-0.1, -0.05) is 42.5 Å². The van der Waals surface area contributed by atoms with Crippen LogP contribution < -0.4 is 11.0 Å². The number of hydrogen-bond acceptors (Lipinski definition) is 6. The number of nitro benzene ring substituents is 1. The number of nitro groups is 1. The number of hydrazone groups is 1. The van der Waals surface area contributed by atoms with Gasteiger partial charge in [0, 0.05) is 29.3 Å². The topological polar surface area (TPSA) is 113 Å². The molecule has 2 N–H and O–H groups in total. The van der Waals surface area contributed by atoms with E-state index in [9.17, 15) is 14.9 Å². The van der Waals surface area contributed by atoms with Crippen LogP contribution in [0.5, 0.6) is 0 Å². The van der Waals surface area contributed by atoms with E-state index in [1.54, 1.807) is 12.1 Å². The summed E-state index contributed by atoms with van der Waals surface area (Å²) in [6.45, 7) is 0. The van der Waals surface area contributed by atoms with Gasteiger partial charge in [-0.15, -0.1) is 0 Å². The summed E-state index contributed by atoms with van der Waals surface area (Å²) >= 11 is 0. The maximum Gasteiger partial charge on any atom is 0.270 e. The predicted octanol–water partition coefficient (Wildman–Crippen LogP) is 2.79. The first-order valence-electron chi connectivity index (χ1n) is 7.32. The molecule has 0 amide bonds. The van der Waals surface area contributed by atoms with Crippen LogP contribution in [-0.2, 0) is 0 Å². The van der Waals surface area contributed by atoms with Crippen LogP contribution in [0, 0.1) is 10.1 Å². The first-order chi connectivity index (χ1) is 12.1. The average molecular weight is 335 g/mol. The van der Waals surface area contributed by atoms with Crippen LogP contribution >= 0.6 is 0 Å². The fourth-order valence-electron chi connectivity index (χ4n) is 2.15. The maximum absolute atomic E-state index is 11.8. The molecule has 0 atom stereocenters. The third-order valence-corrected chi connectivity index (χ3v) is 3.28. The molecule has 0 saturated heterocycles. The highest BCUT2D eigenvalue weighted by Crippen LogP contribution is 2.15. The fraction of sp³-hybridized carbons (Fsp3) is 0. The number of H-pyrrole nitrogens is 1. The van der Waals surface area contributed by atoms with E-state index in [1.165, 1.54) is 24.4 Å². The van der Waals surface area contributed by atoms with E-state index in [1.807, 2.05) is 30.3 Å². The molecular weight excluding hydrogens is 322 g/mol. The molecule has 2 aromatic carbocycles. The van der Waals surface area contributed by atoms with Crippen LogP contribution in [0.2, 0.25) is 0 Å². The fourth-order valence-corrected chi connectivity index (χ4v) is 2.15. The largest absolute Gasteiger partial charge is 0.291 e. The van der Waals surface area contributed by atoms with Gasteiger partial charge in [0.1, 0.15) is 0 Å². The van der Waals surface area contributed by atoms with E-state index in [4.69, 9.17) is 0 Å². The Morgan fingerprint density at radius 3 is 2.68 bits per heavy atom. The SMILES string of the molecule is O=c1cc(-c2ccccc2)nc(N/N=C\c2cccc([N+](=O)[O-])c2)[nH]1. The summed E-state index contributed by atoms with van der Waals surface area (Å²) in [4.78, 5) is 28.9. The third-order valence-electron chi connectivity index (χ3n) is 3.28. The van der Waals surface area contributed by atoms with Crippen LogP contribution in [-0.4, -0.2) is 21.1 Å². The third kappa shape index (κ3) is 4.14. The molecule has 8 heteroatoms. The molecule has 0 fully saturated rings. The van der Waals surface area contributed by atoms with Crippen molar-refractivity contribution >= 4 is 17.9 Å². The molecule has 1 aromatic heterocycles. The number of nitrogens with zero attached hydrogens (tertiary/aromatic N) is 3. The normalized spacial score (nSPS) is 10.7. The van der Waals surface area contributed by atoms with Gasteiger partial charge in [0.05, 0.1) is 16.8 Å². The second-order valence-corrected chi connectivity index (χ2v) is 5.07. The molecule has 0 spiro atoms. The minimum Gasteiger partial charge on any atom is -0.291 e. The number of aromatic nitrogens is 2. The van der Waals surface area contributed by atoms with Crippen molar-refractivity contribution in [2.45, 2.75) is 0 Å². The molecule has 3 aromatic rings. The number of hydrogen-bond donors (Lipinski definition) is 2. The van der Waals surface area contributed by atoms with Gasteiger partial charge in [0.25, 0.3) is 11.2 Å². The molecule has 0 saturated carbocycles. The summed E-state index contributed by atoms with van der Waals surface area (Å²) in [5.41, 5.74) is 4.14. The molecule has 1 heterocycles. The van der Waals surface area contributed by atoms with Crippen LogP contribution in [0.4, 0.5) is 11.6 Å². The van der Waals surface area contributed by atoms with Crippen LogP contribution in [0.15, 0.2) is 70.6 Å². The lowest BCUT2D eigenvalue weighted by Gasteiger charge is -2.03. The molecule has 0 aliphatic rings. The molecule has 124 valence electrons. The Hall–Kier alpha value is -3.81. The van der Waals surface area contributed by atoms with Crippen molar-refractivity contribution in [2.24, 2.45) is 5.10 Å². The highest BCUT2D eigenvalue weighted by molar-refractivity contribution is 5.81. The summed E-state index contributed by atoms with van der Waals surface area (Å²) in [7, 11) is 0. The Bertz CT molecular complexity index is 983. The summed E-state index contributed by atoms with van der Waals surface area (Å²) in [6, 6.07) is 16.7. The second-order valence-electron chi connectivity index (χ2n) is 5.07. The number of anilines is 1. The zero-order valence-corrected chi connectivity index (χ0v) is 12.9. The average Bonchev–Trinajstić information content (AvgIpc) is 2.62.